The minimum atomic E-state index is -0.242. The van der Waals surface area contributed by atoms with E-state index in [0.717, 1.165) is 42.9 Å². The van der Waals surface area contributed by atoms with E-state index in [-0.39, 0.29) is 12.0 Å². The van der Waals surface area contributed by atoms with Crippen LogP contribution in [0.4, 0.5) is 11.6 Å². The number of aliphatic imine (C=N–C) groups is 1. The third-order valence-corrected chi connectivity index (χ3v) is 8.71. The first-order chi connectivity index (χ1) is 23.4. The van der Waals surface area contributed by atoms with E-state index in [1.165, 1.54) is 38.4 Å². The summed E-state index contributed by atoms with van der Waals surface area (Å²) >= 11 is 0. The van der Waals surface area contributed by atoms with E-state index in [9.17, 15) is 5.26 Å². The fourth-order valence-electron chi connectivity index (χ4n) is 6.19. The molecule has 2 aromatic heterocycles. The predicted molar refractivity (Wildman–Crippen MR) is 185 cm³/mol. The largest absolute Gasteiger partial charge is 0.487 e. The lowest BCUT2D eigenvalue weighted by Gasteiger charge is -2.21. The number of benzene rings is 1. The molecule has 258 valence electrons. The quantitative estimate of drug-likeness (QED) is 0.167. The molecule has 13 nitrogen and oxygen atoms in total. The molecule has 6 rings (SSSR count). The van der Waals surface area contributed by atoms with Crippen LogP contribution >= 0.6 is 0 Å². The van der Waals surface area contributed by atoms with E-state index in [2.05, 4.69) is 38.6 Å². The summed E-state index contributed by atoms with van der Waals surface area (Å²) in [6.45, 7) is 7.32. The maximum atomic E-state index is 9.51. The standard InChI is InChI=1S/C29H38N8O3.C6H11NO/c1-20(17-38-3)18-39-28-26(16-37(36-28)25-7-5-4-6-8-25)35-29-33-14-24(15-34-29)22-9-10-23(12-30)27(11-22)40-21(2)13-32-19-31;1-2-6-4-8-3-5(1)7-6/h9-11,14-16,19-21,25H,4-8,13,17-18H2,1-3H3,(H2,31,32)(H,33,34,35);5-7H,1-4H2/t20?,21-;5-,6?/m00/s1. The molecule has 13 heteroatoms. The van der Waals surface area contributed by atoms with Gasteiger partial charge in [0.1, 0.15) is 23.6 Å². The van der Waals surface area contributed by atoms with Gasteiger partial charge in [-0.2, -0.15) is 5.26 Å². The van der Waals surface area contributed by atoms with Crippen molar-refractivity contribution in [1.29, 1.82) is 5.26 Å². The van der Waals surface area contributed by atoms with E-state index >= 15 is 0 Å². The molecule has 2 bridgehead atoms. The lowest BCUT2D eigenvalue weighted by atomic mass is 9.96. The van der Waals surface area contributed by atoms with Crippen LogP contribution in [0, 0.1) is 17.2 Å². The molecular formula is C35H49N9O4. The zero-order valence-corrected chi connectivity index (χ0v) is 28.3. The molecule has 3 aliphatic rings. The highest BCUT2D eigenvalue weighted by atomic mass is 16.5. The summed E-state index contributed by atoms with van der Waals surface area (Å²) < 4.78 is 24.6. The fraction of sp³-hybridized carbons (Fsp3) is 0.571. The molecule has 4 heterocycles. The van der Waals surface area contributed by atoms with Gasteiger partial charge in [0.25, 0.3) is 5.88 Å². The maximum Gasteiger partial charge on any atom is 0.256 e. The molecule has 2 saturated heterocycles. The third-order valence-electron chi connectivity index (χ3n) is 8.71. The van der Waals surface area contributed by atoms with E-state index in [1.54, 1.807) is 25.6 Å². The summed E-state index contributed by atoms with van der Waals surface area (Å²) in [7, 11) is 1.69. The molecular weight excluding hydrogens is 610 g/mol. The first-order valence-electron chi connectivity index (χ1n) is 17.0. The number of hydrogen-bond acceptors (Lipinski definition) is 11. The fourth-order valence-corrected chi connectivity index (χ4v) is 6.19. The Labute approximate surface area is 283 Å². The highest BCUT2D eigenvalue weighted by molar-refractivity contribution is 5.67. The number of aromatic nitrogens is 4. The van der Waals surface area contributed by atoms with Crippen molar-refractivity contribution in [1.82, 2.24) is 25.1 Å². The van der Waals surface area contributed by atoms with Crippen LogP contribution in [-0.4, -0.2) is 84.4 Å². The van der Waals surface area contributed by atoms with Crippen LogP contribution in [0.1, 0.15) is 70.4 Å². The van der Waals surface area contributed by atoms with Crippen LogP contribution in [0.5, 0.6) is 11.6 Å². The zero-order chi connectivity index (χ0) is 33.7. The van der Waals surface area contributed by atoms with Crippen molar-refractivity contribution in [3.63, 3.8) is 0 Å². The minimum Gasteiger partial charge on any atom is -0.487 e. The number of nitrogens with zero attached hydrogens (tertiary/aromatic N) is 6. The van der Waals surface area contributed by atoms with Gasteiger partial charge in [0, 0.05) is 43.1 Å². The molecule has 0 spiro atoms. The molecule has 0 radical (unpaired) electrons. The van der Waals surface area contributed by atoms with Crippen LogP contribution in [-0.2, 0) is 9.47 Å². The first kappa shape index (κ1) is 35.1. The number of nitrogens with one attached hydrogen (secondary N) is 2. The van der Waals surface area contributed by atoms with Gasteiger partial charge >= 0.3 is 0 Å². The maximum absolute atomic E-state index is 9.51. The summed E-state index contributed by atoms with van der Waals surface area (Å²) in [5, 5.41) is 21.0. The molecule has 4 atom stereocenters. The van der Waals surface area contributed by atoms with Gasteiger partial charge in [-0.25, -0.2) is 9.97 Å². The summed E-state index contributed by atoms with van der Waals surface area (Å²) in [4.78, 5) is 13.1. The average molecular weight is 660 g/mol. The van der Waals surface area contributed by atoms with Crippen molar-refractivity contribution in [3.05, 3.63) is 42.4 Å². The molecule has 48 heavy (non-hydrogen) atoms. The van der Waals surface area contributed by atoms with E-state index < -0.39 is 0 Å². The van der Waals surface area contributed by atoms with E-state index in [0.29, 0.717) is 61.0 Å². The topological polar surface area (TPSA) is 167 Å². The van der Waals surface area contributed by atoms with Gasteiger partial charge in [-0.05, 0) is 50.3 Å². The van der Waals surface area contributed by atoms with E-state index in [1.807, 2.05) is 29.9 Å². The van der Waals surface area contributed by atoms with Crippen molar-refractivity contribution in [2.24, 2.45) is 16.6 Å². The Balaban J connectivity index is 0.000000485. The monoisotopic (exact) mass is 659 g/mol. The van der Waals surface area contributed by atoms with Crippen molar-refractivity contribution in [2.75, 3.05) is 45.4 Å². The second kappa shape index (κ2) is 17.8. The van der Waals surface area contributed by atoms with Crippen molar-refractivity contribution < 1.29 is 18.9 Å². The first-order valence-corrected chi connectivity index (χ1v) is 17.0. The van der Waals surface area contributed by atoms with Gasteiger partial charge in [0.2, 0.25) is 5.95 Å². The summed E-state index contributed by atoms with van der Waals surface area (Å²) in [6.07, 6.45) is 15.0. The Hall–Kier alpha value is -4.25. The lowest BCUT2D eigenvalue weighted by Crippen LogP contribution is -2.41. The second-order valence-corrected chi connectivity index (χ2v) is 12.9. The molecule has 2 aliphatic heterocycles. The second-order valence-electron chi connectivity index (χ2n) is 12.9. The van der Waals surface area contributed by atoms with Crippen LogP contribution < -0.4 is 25.8 Å². The van der Waals surface area contributed by atoms with Gasteiger partial charge < -0.3 is 35.3 Å². The van der Waals surface area contributed by atoms with Crippen molar-refractivity contribution in [2.45, 2.75) is 83.0 Å². The molecule has 4 N–H and O–H groups in total. The number of morpholine rings is 1. The van der Waals surface area contributed by atoms with Crippen molar-refractivity contribution in [3.8, 4) is 28.8 Å². The summed E-state index contributed by atoms with van der Waals surface area (Å²) in [6, 6.07) is 9.30. The minimum absolute atomic E-state index is 0.228. The number of nitrogens with two attached hydrogens (primary N) is 1. The zero-order valence-electron chi connectivity index (χ0n) is 28.3. The number of hydrogen-bond donors (Lipinski definition) is 3. The van der Waals surface area contributed by atoms with Gasteiger partial charge in [-0.3, -0.25) is 9.67 Å². The third kappa shape index (κ3) is 9.88. The SMILES string of the molecule is C1C[C@H]2COCC1N2.COCC(C)COc1nn(C2CCCCC2)cc1Nc1ncc(-c2ccc(C#N)c(O[C@@H](C)CN=CN)c2)cn1. The molecule has 1 saturated carbocycles. The molecule has 2 unspecified atom stereocenters. The Kier molecular flexibility index (Phi) is 13.0. The van der Waals surface area contributed by atoms with Crippen LogP contribution in [0.2, 0.25) is 0 Å². The Morgan fingerprint density at radius 1 is 1.10 bits per heavy atom. The molecule has 3 fully saturated rings. The summed E-state index contributed by atoms with van der Waals surface area (Å²) in [5.74, 6) is 1.66. The van der Waals surface area contributed by atoms with Gasteiger partial charge in [-0.1, -0.05) is 32.3 Å². The Morgan fingerprint density at radius 2 is 1.85 bits per heavy atom. The van der Waals surface area contributed by atoms with Crippen LogP contribution in [0.15, 0.2) is 41.8 Å². The number of ether oxygens (including phenoxy) is 4. The van der Waals surface area contributed by atoms with Gasteiger partial charge in [0.05, 0.1) is 57.1 Å². The number of methoxy groups -OCH3 is 1. The van der Waals surface area contributed by atoms with Gasteiger partial charge in [-0.15, -0.1) is 5.10 Å². The van der Waals surface area contributed by atoms with Crippen molar-refractivity contribution >= 4 is 18.0 Å². The van der Waals surface area contributed by atoms with Gasteiger partial charge in [0.15, 0.2) is 0 Å². The lowest BCUT2D eigenvalue weighted by molar-refractivity contribution is 0.0728. The number of fused-ring (bicyclic) bond motifs is 2. The molecule has 1 aromatic carbocycles. The van der Waals surface area contributed by atoms with E-state index in [4.69, 9.17) is 29.8 Å². The van der Waals surface area contributed by atoms with Crippen LogP contribution in [0.25, 0.3) is 11.1 Å². The highest BCUT2D eigenvalue weighted by Gasteiger charge is 2.27. The Morgan fingerprint density at radius 3 is 2.52 bits per heavy atom. The number of nitriles is 1. The predicted octanol–water partition coefficient (Wildman–Crippen LogP) is 5.01. The summed E-state index contributed by atoms with van der Waals surface area (Å²) in [5.41, 5.74) is 8.12. The average Bonchev–Trinajstić information content (AvgIpc) is 3.68. The van der Waals surface area contributed by atoms with Crippen LogP contribution in [0.3, 0.4) is 0 Å². The normalized spacial score (nSPS) is 20.4. The Bertz CT molecular complexity index is 1490. The number of rotatable bonds is 13. The molecule has 0 amide bonds. The number of anilines is 2. The smallest absolute Gasteiger partial charge is 0.256 e. The molecule has 1 aliphatic carbocycles. The molecule has 3 aromatic rings. The highest BCUT2D eigenvalue weighted by Crippen LogP contribution is 2.33.